The van der Waals surface area contributed by atoms with Gasteiger partial charge in [-0.3, -0.25) is 4.79 Å². The molecule has 1 amide bonds. The Morgan fingerprint density at radius 1 is 1.11 bits per heavy atom. The van der Waals surface area contributed by atoms with E-state index in [0.29, 0.717) is 6.04 Å². The van der Waals surface area contributed by atoms with Gasteiger partial charge in [-0.1, -0.05) is 0 Å². The molecule has 0 atom stereocenters. The van der Waals surface area contributed by atoms with E-state index < -0.39 is 0 Å². The summed E-state index contributed by atoms with van der Waals surface area (Å²) < 4.78 is 0. The molecule has 0 saturated carbocycles. The zero-order valence-corrected chi connectivity index (χ0v) is 12.0. The molecule has 0 bridgehead atoms. The molecule has 1 aliphatic heterocycles. The van der Waals surface area contributed by atoms with Crippen LogP contribution in [0.2, 0.25) is 0 Å². The van der Waals surface area contributed by atoms with Gasteiger partial charge in [0, 0.05) is 50.5 Å². The third kappa shape index (κ3) is 3.63. The van der Waals surface area contributed by atoms with E-state index in [1.54, 1.807) is 6.92 Å². The van der Waals surface area contributed by atoms with Crippen LogP contribution in [0.15, 0.2) is 24.3 Å². The van der Waals surface area contributed by atoms with Crippen LogP contribution in [0, 0.1) is 0 Å². The van der Waals surface area contributed by atoms with Crippen molar-refractivity contribution in [1.82, 2.24) is 4.90 Å². The monoisotopic (exact) mass is 261 g/mol. The fraction of sp³-hybridized carbons (Fsp3) is 0.533. The highest BCUT2D eigenvalue weighted by atomic mass is 16.2. The average molecular weight is 261 g/mol. The minimum Gasteiger partial charge on any atom is -0.383 e. The fourth-order valence-electron chi connectivity index (χ4n) is 2.38. The average Bonchev–Trinajstić information content (AvgIpc) is 2.39. The van der Waals surface area contributed by atoms with Crippen molar-refractivity contribution in [3.63, 3.8) is 0 Å². The Balaban J connectivity index is 1.94. The van der Waals surface area contributed by atoms with Crippen LogP contribution < -0.4 is 10.2 Å². The van der Waals surface area contributed by atoms with Gasteiger partial charge in [0.15, 0.2) is 0 Å². The number of anilines is 2. The third-order valence-electron chi connectivity index (χ3n) is 3.41. The van der Waals surface area contributed by atoms with E-state index in [1.165, 1.54) is 5.69 Å². The molecule has 0 aliphatic carbocycles. The summed E-state index contributed by atoms with van der Waals surface area (Å²) in [5, 5.41) is 3.39. The molecular formula is C15H23N3O. The van der Waals surface area contributed by atoms with Crippen LogP contribution in [-0.2, 0) is 4.79 Å². The number of nitrogens with one attached hydrogen (secondary N) is 1. The Bertz CT molecular complexity index is 420. The van der Waals surface area contributed by atoms with E-state index in [2.05, 4.69) is 48.3 Å². The molecular weight excluding hydrogens is 238 g/mol. The quantitative estimate of drug-likeness (QED) is 0.906. The number of benzene rings is 1. The van der Waals surface area contributed by atoms with E-state index in [0.717, 1.165) is 31.9 Å². The van der Waals surface area contributed by atoms with Crippen LogP contribution in [0.5, 0.6) is 0 Å². The Morgan fingerprint density at radius 2 is 1.68 bits per heavy atom. The second-order valence-corrected chi connectivity index (χ2v) is 5.34. The molecule has 0 unspecified atom stereocenters. The number of carbonyl (C=O) groups is 1. The van der Waals surface area contributed by atoms with Crippen LogP contribution in [0.3, 0.4) is 0 Å². The third-order valence-corrected chi connectivity index (χ3v) is 3.41. The van der Waals surface area contributed by atoms with Crippen LogP contribution in [0.4, 0.5) is 11.4 Å². The van der Waals surface area contributed by atoms with Gasteiger partial charge in [0.25, 0.3) is 0 Å². The van der Waals surface area contributed by atoms with Crippen molar-refractivity contribution < 1.29 is 4.79 Å². The molecule has 1 aromatic carbocycles. The number of carbonyl (C=O) groups excluding carboxylic acids is 1. The maximum absolute atomic E-state index is 11.3. The smallest absolute Gasteiger partial charge is 0.219 e. The number of rotatable bonds is 3. The molecule has 4 heteroatoms. The van der Waals surface area contributed by atoms with Crippen molar-refractivity contribution in [3.8, 4) is 0 Å². The predicted octanol–water partition coefficient (Wildman–Crippen LogP) is 2.18. The van der Waals surface area contributed by atoms with Gasteiger partial charge in [0.2, 0.25) is 5.91 Å². The largest absolute Gasteiger partial charge is 0.383 e. The molecule has 1 saturated heterocycles. The van der Waals surface area contributed by atoms with Crippen molar-refractivity contribution in [2.45, 2.75) is 26.8 Å². The lowest BCUT2D eigenvalue weighted by Crippen LogP contribution is -2.48. The molecule has 0 radical (unpaired) electrons. The first-order valence-electron chi connectivity index (χ1n) is 6.93. The molecule has 4 nitrogen and oxygen atoms in total. The van der Waals surface area contributed by atoms with Crippen LogP contribution >= 0.6 is 0 Å². The molecule has 0 aromatic heterocycles. The lowest BCUT2D eigenvalue weighted by molar-refractivity contribution is -0.129. The zero-order valence-electron chi connectivity index (χ0n) is 12.0. The van der Waals surface area contributed by atoms with Gasteiger partial charge in [-0.15, -0.1) is 0 Å². The van der Waals surface area contributed by atoms with Crippen molar-refractivity contribution in [2.24, 2.45) is 0 Å². The Kier molecular flexibility index (Phi) is 4.30. The van der Waals surface area contributed by atoms with E-state index in [-0.39, 0.29) is 5.91 Å². The van der Waals surface area contributed by atoms with Gasteiger partial charge in [-0.25, -0.2) is 0 Å². The SMILES string of the molecule is CC(=O)N1CCN(c2ccc(NC(C)C)cc2)CC1. The summed E-state index contributed by atoms with van der Waals surface area (Å²) in [6, 6.07) is 8.98. The summed E-state index contributed by atoms with van der Waals surface area (Å²) in [5.41, 5.74) is 2.39. The Hall–Kier alpha value is -1.71. The second kappa shape index (κ2) is 5.95. The van der Waals surface area contributed by atoms with Crippen molar-refractivity contribution in [3.05, 3.63) is 24.3 Å². The minimum atomic E-state index is 0.177. The Morgan fingerprint density at radius 3 is 2.16 bits per heavy atom. The molecule has 1 heterocycles. The minimum absolute atomic E-state index is 0.177. The topological polar surface area (TPSA) is 35.6 Å². The summed E-state index contributed by atoms with van der Waals surface area (Å²) in [7, 11) is 0. The van der Waals surface area contributed by atoms with E-state index in [9.17, 15) is 4.79 Å². The van der Waals surface area contributed by atoms with Crippen molar-refractivity contribution in [2.75, 3.05) is 36.4 Å². The summed E-state index contributed by atoms with van der Waals surface area (Å²) >= 11 is 0. The molecule has 1 N–H and O–H groups in total. The predicted molar refractivity (Wildman–Crippen MR) is 79.7 cm³/mol. The lowest BCUT2D eigenvalue weighted by atomic mass is 10.2. The summed E-state index contributed by atoms with van der Waals surface area (Å²) in [5.74, 6) is 0.177. The molecule has 1 fully saturated rings. The normalized spacial score (nSPS) is 15.8. The molecule has 19 heavy (non-hydrogen) atoms. The zero-order chi connectivity index (χ0) is 13.8. The summed E-state index contributed by atoms with van der Waals surface area (Å²) in [6.45, 7) is 9.38. The number of hydrogen-bond acceptors (Lipinski definition) is 3. The highest BCUT2D eigenvalue weighted by Crippen LogP contribution is 2.19. The van der Waals surface area contributed by atoms with Gasteiger partial charge in [0.1, 0.15) is 0 Å². The van der Waals surface area contributed by atoms with E-state index >= 15 is 0 Å². The first-order valence-corrected chi connectivity index (χ1v) is 6.93. The molecule has 0 spiro atoms. The molecule has 2 rings (SSSR count). The van der Waals surface area contributed by atoms with E-state index in [1.807, 2.05) is 4.90 Å². The lowest BCUT2D eigenvalue weighted by Gasteiger charge is -2.35. The molecule has 1 aliphatic rings. The second-order valence-electron chi connectivity index (χ2n) is 5.34. The van der Waals surface area contributed by atoms with Crippen LogP contribution in [0.25, 0.3) is 0 Å². The summed E-state index contributed by atoms with van der Waals surface area (Å²) in [6.07, 6.45) is 0. The molecule has 104 valence electrons. The van der Waals surface area contributed by atoms with Gasteiger partial charge in [0.05, 0.1) is 0 Å². The number of hydrogen-bond donors (Lipinski definition) is 1. The number of nitrogens with zero attached hydrogens (tertiary/aromatic N) is 2. The first kappa shape index (κ1) is 13.7. The van der Waals surface area contributed by atoms with Gasteiger partial charge in [-0.2, -0.15) is 0 Å². The highest BCUT2D eigenvalue weighted by Gasteiger charge is 2.18. The van der Waals surface area contributed by atoms with E-state index in [4.69, 9.17) is 0 Å². The van der Waals surface area contributed by atoms with Gasteiger partial charge >= 0.3 is 0 Å². The Labute approximate surface area is 115 Å². The van der Waals surface area contributed by atoms with Gasteiger partial charge < -0.3 is 15.1 Å². The summed E-state index contributed by atoms with van der Waals surface area (Å²) in [4.78, 5) is 15.5. The van der Waals surface area contributed by atoms with Crippen molar-refractivity contribution in [1.29, 1.82) is 0 Å². The highest BCUT2D eigenvalue weighted by molar-refractivity contribution is 5.73. The number of amides is 1. The van der Waals surface area contributed by atoms with Crippen LogP contribution in [-0.4, -0.2) is 43.0 Å². The first-order chi connectivity index (χ1) is 9.06. The fourth-order valence-corrected chi connectivity index (χ4v) is 2.38. The standard InChI is InChI=1S/C15H23N3O/c1-12(2)16-14-4-6-15(7-5-14)18-10-8-17(9-11-18)13(3)19/h4-7,12,16H,8-11H2,1-3H3. The van der Waals surface area contributed by atoms with Crippen LogP contribution in [0.1, 0.15) is 20.8 Å². The molecule has 1 aromatic rings. The number of piperazine rings is 1. The maximum atomic E-state index is 11.3. The van der Waals surface area contributed by atoms with Crippen molar-refractivity contribution >= 4 is 17.3 Å². The van der Waals surface area contributed by atoms with Gasteiger partial charge in [-0.05, 0) is 38.1 Å². The maximum Gasteiger partial charge on any atom is 0.219 e.